The third-order valence-corrected chi connectivity index (χ3v) is 1.31. The van der Waals surface area contributed by atoms with Crippen molar-refractivity contribution < 1.29 is 44.2 Å². The van der Waals surface area contributed by atoms with Crippen LogP contribution < -0.4 is 39.4 Å². The maximum absolute atomic E-state index is 10.3. The zero-order valence-corrected chi connectivity index (χ0v) is 9.03. The normalized spacial score (nSPS) is 8.42. The van der Waals surface area contributed by atoms with Gasteiger partial charge in [-0.15, -0.1) is 0 Å². The van der Waals surface area contributed by atoms with Crippen LogP contribution in [0.5, 0.6) is 5.75 Å². The van der Waals surface area contributed by atoms with Crippen LogP contribution in [0.4, 0.5) is 0 Å². The van der Waals surface area contributed by atoms with Crippen molar-refractivity contribution >= 4 is 5.97 Å². The Hall–Kier alpha value is -0.510. The molecule has 0 fully saturated rings. The first kappa shape index (κ1) is 11.5. The molecule has 0 aliphatic rings. The minimum atomic E-state index is -1.19. The van der Waals surface area contributed by atoms with E-state index in [1.54, 1.807) is 12.1 Å². The zero-order chi connectivity index (χ0) is 8.27. The number of carbonyl (C=O) groups excluding carboxylic acids is 1. The first-order valence-corrected chi connectivity index (χ1v) is 3.09. The number of hydrogen-bond donors (Lipinski definition) is 0. The molecule has 0 saturated heterocycles. The fraction of sp³-hybridized carbons (Fsp3) is 0.125. The summed E-state index contributed by atoms with van der Waals surface area (Å²) >= 11 is 0. The third-order valence-electron chi connectivity index (χ3n) is 1.31. The van der Waals surface area contributed by atoms with Gasteiger partial charge in [-0.3, -0.25) is 0 Å². The van der Waals surface area contributed by atoms with Crippen LogP contribution in [-0.4, -0.2) is 13.1 Å². The standard InChI is InChI=1S/C8H8O3.Na/c1-11-7-4-2-3-6(5-7)8(9)10;/h2-5H,1H3,(H,9,10);/q;+1/p-1. The van der Waals surface area contributed by atoms with E-state index < -0.39 is 5.97 Å². The molecule has 0 radical (unpaired) electrons. The Morgan fingerprint density at radius 2 is 2.17 bits per heavy atom. The van der Waals surface area contributed by atoms with Gasteiger partial charge in [0.1, 0.15) is 5.75 Å². The van der Waals surface area contributed by atoms with Gasteiger partial charge in [0.25, 0.3) is 0 Å². The molecule has 0 aliphatic heterocycles. The maximum Gasteiger partial charge on any atom is 1.00 e. The van der Waals surface area contributed by atoms with Crippen molar-refractivity contribution in [2.24, 2.45) is 0 Å². The number of carboxylic acid groups (broad SMARTS) is 1. The molecular formula is C8H7NaO3. The SMILES string of the molecule is COc1cccc(C(=O)[O-])c1.[Na+]. The van der Waals surface area contributed by atoms with Gasteiger partial charge >= 0.3 is 29.6 Å². The Labute approximate surface area is 92.6 Å². The van der Waals surface area contributed by atoms with Crippen LogP contribution in [0, 0.1) is 0 Å². The van der Waals surface area contributed by atoms with Gasteiger partial charge < -0.3 is 14.6 Å². The molecule has 1 aromatic carbocycles. The van der Waals surface area contributed by atoms with Crippen molar-refractivity contribution in [2.45, 2.75) is 0 Å². The molecule has 0 spiro atoms. The second-order valence-electron chi connectivity index (χ2n) is 2.02. The molecule has 0 aliphatic carbocycles. The van der Waals surface area contributed by atoms with Gasteiger partial charge in [-0.05, 0) is 12.1 Å². The van der Waals surface area contributed by atoms with Crippen molar-refractivity contribution in [2.75, 3.05) is 7.11 Å². The zero-order valence-electron chi connectivity index (χ0n) is 7.03. The molecule has 0 saturated carbocycles. The van der Waals surface area contributed by atoms with Crippen LogP contribution in [0.1, 0.15) is 10.4 Å². The molecule has 0 N–H and O–H groups in total. The first-order valence-electron chi connectivity index (χ1n) is 3.09. The Kier molecular flexibility index (Phi) is 4.97. The van der Waals surface area contributed by atoms with E-state index in [9.17, 15) is 9.90 Å². The van der Waals surface area contributed by atoms with Gasteiger partial charge in [-0.2, -0.15) is 0 Å². The fourth-order valence-electron chi connectivity index (χ4n) is 0.750. The first-order chi connectivity index (χ1) is 5.24. The molecule has 0 amide bonds. The van der Waals surface area contributed by atoms with Crippen molar-refractivity contribution in [3.8, 4) is 5.75 Å². The quantitative estimate of drug-likeness (QED) is 0.451. The molecule has 1 aromatic rings. The second-order valence-corrected chi connectivity index (χ2v) is 2.02. The average molecular weight is 174 g/mol. The van der Waals surface area contributed by atoms with Gasteiger partial charge in [-0.1, -0.05) is 12.1 Å². The summed E-state index contributed by atoms with van der Waals surface area (Å²) in [7, 11) is 1.48. The van der Waals surface area contributed by atoms with Crippen LogP contribution in [-0.2, 0) is 0 Å². The molecular weight excluding hydrogens is 167 g/mol. The largest absolute Gasteiger partial charge is 1.00 e. The van der Waals surface area contributed by atoms with E-state index in [1.165, 1.54) is 19.2 Å². The minimum absolute atomic E-state index is 0. The number of rotatable bonds is 2. The third kappa shape index (κ3) is 2.85. The summed E-state index contributed by atoms with van der Waals surface area (Å²) in [6, 6.07) is 6.14. The molecule has 0 aromatic heterocycles. The van der Waals surface area contributed by atoms with Crippen molar-refractivity contribution in [3.05, 3.63) is 29.8 Å². The van der Waals surface area contributed by atoms with E-state index in [0.717, 1.165) is 0 Å². The molecule has 58 valence electrons. The molecule has 3 nitrogen and oxygen atoms in total. The monoisotopic (exact) mass is 174 g/mol. The molecule has 4 heteroatoms. The van der Waals surface area contributed by atoms with Crippen molar-refractivity contribution in [3.63, 3.8) is 0 Å². The van der Waals surface area contributed by atoms with E-state index >= 15 is 0 Å². The Morgan fingerprint density at radius 3 is 2.67 bits per heavy atom. The average Bonchev–Trinajstić information content (AvgIpc) is 2.05. The predicted octanol–water partition coefficient (Wildman–Crippen LogP) is -2.94. The number of aromatic carboxylic acids is 1. The number of carboxylic acids is 1. The maximum atomic E-state index is 10.3. The number of hydrogen-bond acceptors (Lipinski definition) is 3. The summed E-state index contributed by atoms with van der Waals surface area (Å²) in [6.07, 6.45) is 0. The van der Waals surface area contributed by atoms with Crippen molar-refractivity contribution in [1.82, 2.24) is 0 Å². The summed E-state index contributed by atoms with van der Waals surface area (Å²) in [6.45, 7) is 0. The van der Waals surface area contributed by atoms with Gasteiger partial charge in [0, 0.05) is 5.56 Å². The van der Waals surface area contributed by atoms with Crippen LogP contribution in [0.15, 0.2) is 24.3 Å². The molecule has 0 atom stereocenters. The number of benzene rings is 1. The van der Waals surface area contributed by atoms with E-state index in [-0.39, 0.29) is 35.1 Å². The number of ether oxygens (including phenoxy) is 1. The van der Waals surface area contributed by atoms with Gasteiger partial charge in [0.05, 0.1) is 13.1 Å². The van der Waals surface area contributed by atoms with Gasteiger partial charge in [0.15, 0.2) is 0 Å². The van der Waals surface area contributed by atoms with E-state index in [4.69, 9.17) is 4.74 Å². The second kappa shape index (κ2) is 5.19. The van der Waals surface area contributed by atoms with E-state index in [1.807, 2.05) is 0 Å². The summed E-state index contributed by atoms with van der Waals surface area (Å²) in [5, 5.41) is 10.3. The Balaban J connectivity index is 0.00000121. The van der Waals surface area contributed by atoms with E-state index in [2.05, 4.69) is 0 Å². The van der Waals surface area contributed by atoms with Crippen LogP contribution in [0.25, 0.3) is 0 Å². The summed E-state index contributed by atoms with van der Waals surface area (Å²) in [5.41, 5.74) is 0.129. The smallest absolute Gasteiger partial charge is 0.545 e. The van der Waals surface area contributed by atoms with E-state index in [0.29, 0.717) is 5.75 Å². The van der Waals surface area contributed by atoms with Crippen LogP contribution in [0.3, 0.4) is 0 Å². The fourth-order valence-corrected chi connectivity index (χ4v) is 0.750. The summed E-state index contributed by atoms with van der Waals surface area (Å²) in [5.74, 6) is -0.671. The summed E-state index contributed by atoms with van der Waals surface area (Å²) < 4.78 is 4.81. The molecule has 12 heavy (non-hydrogen) atoms. The number of carbonyl (C=O) groups is 1. The Morgan fingerprint density at radius 1 is 1.50 bits per heavy atom. The molecule has 1 rings (SSSR count). The predicted molar refractivity (Wildman–Crippen MR) is 37.3 cm³/mol. The summed E-state index contributed by atoms with van der Waals surface area (Å²) in [4.78, 5) is 10.3. The molecule has 0 unspecified atom stereocenters. The van der Waals surface area contributed by atoms with Crippen LogP contribution in [0.2, 0.25) is 0 Å². The minimum Gasteiger partial charge on any atom is -0.545 e. The van der Waals surface area contributed by atoms with Crippen molar-refractivity contribution in [1.29, 1.82) is 0 Å². The van der Waals surface area contributed by atoms with Crippen LogP contribution >= 0.6 is 0 Å². The van der Waals surface area contributed by atoms with Gasteiger partial charge in [0.2, 0.25) is 0 Å². The number of methoxy groups -OCH3 is 1. The van der Waals surface area contributed by atoms with Gasteiger partial charge in [-0.25, -0.2) is 0 Å². The topological polar surface area (TPSA) is 49.4 Å². The molecule has 0 heterocycles. The molecule has 0 bridgehead atoms. The Bertz CT molecular complexity index is 273.